The lowest BCUT2D eigenvalue weighted by atomic mass is 9.45. The van der Waals surface area contributed by atoms with Crippen LogP contribution < -0.4 is 20.8 Å². The van der Waals surface area contributed by atoms with E-state index < -0.39 is 0 Å². The summed E-state index contributed by atoms with van der Waals surface area (Å²) in [5, 5.41) is 5.64. The molecule has 0 unspecified atom stereocenters. The van der Waals surface area contributed by atoms with Crippen molar-refractivity contribution in [1.82, 2.24) is 0 Å². The van der Waals surface area contributed by atoms with Crippen molar-refractivity contribution in [2.75, 3.05) is 9.71 Å². The Hall–Kier alpha value is -6.66. The Morgan fingerprint density at radius 3 is 1.53 bits per heavy atom. The van der Waals surface area contributed by atoms with Gasteiger partial charge in [0, 0.05) is 66.9 Å². The topological polar surface area (TPSA) is 45.9 Å². The molecule has 0 spiro atoms. The standard InChI is InChI=1S/C68H69BN2O3/c1-63(2,3)38-19-23-40(24-20-38)70-53-34-45-42-17-15-16-18-54(42)73-61(45)58-46-31-43-44-32-48-50(67(11,12)29-27-65(48,7)8)35-55(44)72-57(43)37-52(46)71(41-25-21-39(22-26-41)64(4,5)6)69(59(53)58)62-60(70)47-33-49-51(36-56(47)74-62)68(13,14)30-28-66(49,9)10/h15-26,31-37H,27-30H2,1-14H3. The number of rotatable bonds is 2. The van der Waals surface area contributed by atoms with Gasteiger partial charge in [-0.25, -0.2) is 0 Å². The van der Waals surface area contributed by atoms with E-state index in [-0.39, 0.29) is 39.3 Å². The Kier molecular flexibility index (Phi) is 9.05. The largest absolute Gasteiger partial charge is 0.466 e. The van der Waals surface area contributed by atoms with Crippen LogP contribution in [0.5, 0.6) is 0 Å². The third kappa shape index (κ3) is 6.35. The lowest BCUT2D eigenvalue weighted by Crippen LogP contribution is -2.61. The van der Waals surface area contributed by atoms with Gasteiger partial charge in [-0.1, -0.05) is 139 Å². The minimum atomic E-state index is -0.369. The van der Waals surface area contributed by atoms with Crippen LogP contribution in [0.25, 0.3) is 66.0 Å². The van der Waals surface area contributed by atoms with Gasteiger partial charge in [-0.2, -0.15) is 0 Å². The van der Waals surface area contributed by atoms with Crippen molar-refractivity contribution >= 4 is 101 Å². The molecule has 372 valence electrons. The van der Waals surface area contributed by atoms with E-state index in [2.05, 4.69) is 222 Å². The van der Waals surface area contributed by atoms with Gasteiger partial charge in [-0.15, -0.1) is 0 Å². The maximum atomic E-state index is 7.71. The van der Waals surface area contributed by atoms with Gasteiger partial charge in [0.15, 0.2) is 0 Å². The molecule has 3 aromatic heterocycles. The first-order chi connectivity index (χ1) is 34.9. The first-order valence-corrected chi connectivity index (χ1v) is 27.4. The van der Waals surface area contributed by atoms with Gasteiger partial charge in [-0.3, -0.25) is 0 Å². The molecular weight excluding hydrogens is 904 g/mol. The molecule has 0 amide bonds. The summed E-state index contributed by atoms with van der Waals surface area (Å²) in [5.41, 5.74) is 22.6. The predicted molar refractivity (Wildman–Crippen MR) is 312 cm³/mol. The van der Waals surface area contributed by atoms with Crippen molar-refractivity contribution in [3.63, 3.8) is 0 Å². The quantitative estimate of drug-likeness (QED) is 0.162. The van der Waals surface area contributed by atoms with Crippen molar-refractivity contribution in [2.45, 2.75) is 155 Å². The molecule has 0 saturated heterocycles. The Morgan fingerprint density at radius 1 is 0.446 bits per heavy atom. The Bertz CT molecular complexity index is 4050. The molecule has 7 aromatic carbocycles. The monoisotopic (exact) mass is 973 g/mol. The maximum absolute atomic E-state index is 7.71. The third-order valence-corrected chi connectivity index (χ3v) is 18.7. The average Bonchev–Trinajstić information content (AvgIpc) is 4.08. The Morgan fingerprint density at radius 2 is 0.946 bits per heavy atom. The molecule has 5 nitrogen and oxygen atoms in total. The first-order valence-electron chi connectivity index (χ1n) is 27.4. The lowest BCUT2D eigenvalue weighted by Gasteiger charge is -2.44. The molecule has 6 heteroatoms. The van der Waals surface area contributed by atoms with Crippen molar-refractivity contribution in [1.29, 1.82) is 0 Å². The van der Waals surface area contributed by atoms with E-state index in [1.54, 1.807) is 0 Å². The summed E-state index contributed by atoms with van der Waals surface area (Å²) in [6, 6.07) is 44.2. The summed E-state index contributed by atoms with van der Waals surface area (Å²) >= 11 is 0. The van der Waals surface area contributed by atoms with Crippen molar-refractivity contribution in [2.24, 2.45) is 0 Å². The van der Waals surface area contributed by atoms with Crippen LogP contribution in [-0.4, -0.2) is 6.85 Å². The highest BCUT2D eigenvalue weighted by molar-refractivity contribution is 6.93. The molecule has 2 aliphatic heterocycles. The highest BCUT2D eigenvalue weighted by Gasteiger charge is 2.51. The average molecular weight is 973 g/mol. The van der Waals surface area contributed by atoms with Gasteiger partial charge in [0.1, 0.15) is 33.6 Å². The second kappa shape index (κ2) is 14.6. The highest BCUT2D eigenvalue weighted by atomic mass is 16.3. The molecule has 4 aliphatic rings. The fourth-order valence-corrected chi connectivity index (χ4v) is 13.9. The second-order valence-corrected chi connectivity index (χ2v) is 27.5. The maximum Gasteiger partial charge on any atom is 0.376 e. The van der Waals surface area contributed by atoms with Crippen LogP contribution in [0.4, 0.5) is 28.4 Å². The van der Waals surface area contributed by atoms with E-state index in [1.807, 2.05) is 0 Å². The summed E-state index contributed by atoms with van der Waals surface area (Å²) in [6.07, 6.45) is 4.54. The Labute approximate surface area is 437 Å². The van der Waals surface area contributed by atoms with Crippen molar-refractivity contribution in [3.05, 3.63) is 149 Å². The minimum absolute atomic E-state index is 0.00263. The number of hydrogen-bond donors (Lipinski definition) is 0. The number of nitrogens with zero attached hydrogens (tertiary/aromatic N) is 2. The Balaban J connectivity index is 1.15. The molecular formula is C68H69BN2O3. The number of benzene rings is 7. The predicted octanol–water partition coefficient (Wildman–Crippen LogP) is 18.2. The molecule has 14 rings (SSSR count). The van der Waals surface area contributed by atoms with Crippen molar-refractivity contribution in [3.8, 4) is 11.1 Å². The summed E-state index contributed by atoms with van der Waals surface area (Å²) < 4.78 is 22.1. The summed E-state index contributed by atoms with van der Waals surface area (Å²) in [5.74, 6) is 0. The molecule has 5 heterocycles. The molecule has 74 heavy (non-hydrogen) atoms. The van der Waals surface area contributed by atoms with Gasteiger partial charge >= 0.3 is 6.85 Å². The van der Waals surface area contributed by atoms with E-state index in [0.717, 1.165) is 126 Å². The van der Waals surface area contributed by atoms with Crippen LogP contribution in [0.2, 0.25) is 0 Å². The van der Waals surface area contributed by atoms with E-state index in [4.69, 9.17) is 13.3 Å². The zero-order chi connectivity index (χ0) is 51.6. The normalized spacial score (nSPS) is 18.3. The van der Waals surface area contributed by atoms with Gasteiger partial charge in [0.25, 0.3) is 0 Å². The molecule has 0 saturated carbocycles. The highest BCUT2D eigenvalue weighted by Crippen LogP contribution is 2.56. The van der Waals surface area contributed by atoms with Crippen LogP contribution in [0.3, 0.4) is 0 Å². The first kappa shape index (κ1) is 45.9. The number of anilines is 5. The zero-order valence-corrected chi connectivity index (χ0v) is 46.0. The fraction of sp³-hybridized carbons (Fsp3) is 0.353. The van der Waals surface area contributed by atoms with Crippen molar-refractivity contribution < 1.29 is 13.3 Å². The number of furan rings is 3. The summed E-state index contributed by atoms with van der Waals surface area (Å²) in [4.78, 5) is 5.12. The van der Waals surface area contributed by atoms with Crippen LogP contribution >= 0.6 is 0 Å². The number of fused-ring (bicyclic) bond motifs is 15. The van der Waals surface area contributed by atoms with Gasteiger partial charge in [0.05, 0.1) is 5.69 Å². The number of para-hydroxylation sites is 1. The van der Waals surface area contributed by atoms with E-state index in [0.29, 0.717) is 0 Å². The molecule has 0 radical (unpaired) electrons. The van der Waals surface area contributed by atoms with Crippen LogP contribution in [-0.2, 0) is 32.5 Å². The molecule has 10 aromatic rings. The van der Waals surface area contributed by atoms with Crippen LogP contribution in [0, 0.1) is 0 Å². The third-order valence-electron chi connectivity index (χ3n) is 18.7. The molecule has 0 N–H and O–H groups in total. The number of hydrogen-bond acceptors (Lipinski definition) is 5. The second-order valence-electron chi connectivity index (χ2n) is 27.5. The van der Waals surface area contributed by atoms with Crippen LogP contribution in [0.1, 0.15) is 156 Å². The van der Waals surface area contributed by atoms with Crippen LogP contribution in [0.15, 0.2) is 129 Å². The molecule has 2 aliphatic carbocycles. The summed E-state index contributed by atoms with van der Waals surface area (Å²) in [6.45, 7) is 32.7. The molecule has 0 fully saturated rings. The van der Waals surface area contributed by atoms with E-state index in [9.17, 15) is 0 Å². The van der Waals surface area contributed by atoms with Gasteiger partial charge in [-0.05, 0) is 164 Å². The smallest absolute Gasteiger partial charge is 0.376 e. The zero-order valence-electron chi connectivity index (χ0n) is 46.0. The minimum Gasteiger partial charge on any atom is -0.466 e. The SMILES string of the molecule is CC(C)(C)c1ccc(N2B3c4oc5cc6c(cc5c4N(c4ccc(C(C)(C)C)cc4)c4cc5c(oc7ccccc75)c(c43)-c3cc4c(cc32)oc2cc3c(cc24)C(C)(C)CCC3(C)C)C(C)(C)CCC6(C)C)cc1. The van der Waals surface area contributed by atoms with Gasteiger partial charge < -0.3 is 23.0 Å². The van der Waals surface area contributed by atoms with E-state index >= 15 is 0 Å². The van der Waals surface area contributed by atoms with E-state index in [1.165, 1.54) is 38.8 Å². The molecule has 0 bridgehead atoms. The fourth-order valence-electron chi connectivity index (χ4n) is 13.9. The lowest BCUT2D eigenvalue weighted by molar-refractivity contribution is 0.332. The molecule has 0 atom stereocenters. The summed E-state index contributed by atoms with van der Waals surface area (Å²) in [7, 11) is 0. The van der Waals surface area contributed by atoms with Gasteiger partial charge in [0.2, 0.25) is 0 Å².